The van der Waals surface area contributed by atoms with E-state index in [1.807, 2.05) is 0 Å². The lowest BCUT2D eigenvalue weighted by Crippen LogP contribution is -2.23. The Morgan fingerprint density at radius 3 is 2.71 bits per heavy atom. The van der Waals surface area contributed by atoms with Gasteiger partial charge >= 0.3 is 5.97 Å². The molecular formula is C19H16N4O4S. The van der Waals surface area contributed by atoms with Crippen LogP contribution in [0.1, 0.15) is 23.2 Å². The Balaban J connectivity index is 1.34. The smallest absolute Gasteiger partial charge is 0.338 e. The Labute approximate surface area is 164 Å². The molecule has 2 aromatic carbocycles. The van der Waals surface area contributed by atoms with E-state index in [0.29, 0.717) is 35.2 Å². The second kappa shape index (κ2) is 7.73. The molecule has 0 bridgehead atoms. The summed E-state index contributed by atoms with van der Waals surface area (Å²) in [6, 6.07) is 11.9. The van der Waals surface area contributed by atoms with Gasteiger partial charge in [-0.3, -0.25) is 9.59 Å². The number of rotatable bonds is 5. The van der Waals surface area contributed by atoms with Gasteiger partial charge in [0.1, 0.15) is 11.0 Å². The second-order valence-corrected chi connectivity index (χ2v) is 6.79. The van der Waals surface area contributed by atoms with Gasteiger partial charge in [-0.25, -0.2) is 4.79 Å². The largest absolute Gasteiger partial charge is 0.452 e. The third-order valence-corrected chi connectivity index (χ3v) is 4.93. The van der Waals surface area contributed by atoms with Gasteiger partial charge in [0.25, 0.3) is 5.91 Å². The lowest BCUT2D eigenvalue weighted by atomic mass is 10.2. The van der Waals surface area contributed by atoms with Gasteiger partial charge in [-0.1, -0.05) is 6.07 Å². The first-order chi connectivity index (χ1) is 13.6. The highest BCUT2D eigenvalue weighted by Crippen LogP contribution is 2.22. The number of fused-ring (bicyclic) bond motifs is 1. The quantitative estimate of drug-likeness (QED) is 0.665. The summed E-state index contributed by atoms with van der Waals surface area (Å²) >= 11 is 1.06. The minimum Gasteiger partial charge on any atom is -0.452 e. The number of nitrogens with zero attached hydrogens (tertiary/aromatic N) is 3. The van der Waals surface area contributed by atoms with Gasteiger partial charge in [0.05, 0.1) is 23.0 Å². The van der Waals surface area contributed by atoms with Crippen molar-refractivity contribution in [3.05, 3.63) is 48.0 Å². The Kier molecular flexibility index (Phi) is 4.98. The van der Waals surface area contributed by atoms with Crippen molar-refractivity contribution in [1.82, 2.24) is 8.75 Å². The van der Waals surface area contributed by atoms with E-state index >= 15 is 0 Å². The Bertz CT molecular complexity index is 1050. The molecule has 0 atom stereocenters. The zero-order valence-corrected chi connectivity index (χ0v) is 15.6. The molecule has 0 aliphatic carbocycles. The van der Waals surface area contributed by atoms with Crippen LogP contribution in [-0.4, -0.2) is 39.7 Å². The molecular weight excluding hydrogens is 380 g/mol. The molecule has 8 nitrogen and oxygen atoms in total. The first kappa shape index (κ1) is 18.1. The summed E-state index contributed by atoms with van der Waals surface area (Å²) in [6.07, 6.45) is 1.38. The zero-order chi connectivity index (χ0) is 19.5. The van der Waals surface area contributed by atoms with E-state index in [-0.39, 0.29) is 5.91 Å². The van der Waals surface area contributed by atoms with E-state index in [9.17, 15) is 14.4 Å². The van der Waals surface area contributed by atoms with Crippen LogP contribution in [0.2, 0.25) is 0 Å². The highest BCUT2D eigenvalue weighted by Gasteiger charge is 2.22. The Morgan fingerprint density at radius 1 is 1.14 bits per heavy atom. The Hall–Kier alpha value is -3.33. The van der Waals surface area contributed by atoms with Crippen LogP contribution in [0.5, 0.6) is 0 Å². The molecule has 0 spiro atoms. The van der Waals surface area contributed by atoms with Crippen molar-refractivity contribution < 1.29 is 19.1 Å². The molecule has 1 N–H and O–H groups in total. The highest BCUT2D eigenvalue weighted by atomic mass is 32.1. The minimum absolute atomic E-state index is 0.0809. The number of nitrogens with one attached hydrogen (secondary N) is 1. The normalized spacial score (nSPS) is 13.7. The van der Waals surface area contributed by atoms with Crippen molar-refractivity contribution in [2.75, 3.05) is 23.4 Å². The van der Waals surface area contributed by atoms with Crippen LogP contribution in [0, 0.1) is 0 Å². The fourth-order valence-corrected chi connectivity index (χ4v) is 3.56. The van der Waals surface area contributed by atoms with Crippen molar-refractivity contribution in [2.45, 2.75) is 12.8 Å². The predicted molar refractivity (Wildman–Crippen MR) is 104 cm³/mol. The maximum Gasteiger partial charge on any atom is 0.338 e. The fourth-order valence-electron chi connectivity index (χ4n) is 3.01. The van der Waals surface area contributed by atoms with Gasteiger partial charge < -0.3 is 15.0 Å². The minimum atomic E-state index is -0.608. The molecule has 28 heavy (non-hydrogen) atoms. The highest BCUT2D eigenvalue weighted by molar-refractivity contribution is 7.00. The van der Waals surface area contributed by atoms with Gasteiger partial charge in [-0.2, -0.15) is 8.75 Å². The van der Waals surface area contributed by atoms with E-state index in [4.69, 9.17) is 4.74 Å². The fraction of sp³-hybridized carbons (Fsp3) is 0.211. The summed E-state index contributed by atoms with van der Waals surface area (Å²) in [4.78, 5) is 37.7. The topological polar surface area (TPSA) is 101 Å². The van der Waals surface area contributed by atoms with Crippen molar-refractivity contribution in [2.24, 2.45) is 0 Å². The number of benzene rings is 2. The first-order valence-corrected chi connectivity index (χ1v) is 9.43. The van der Waals surface area contributed by atoms with Crippen LogP contribution >= 0.6 is 11.7 Å². The average Bonchev–Trinajstić information content (AvgIpc) is 3.35. The van der Waals surface area contributed by atoms with E-state index in [1.54, 1.807) is 47.4 Å². The zero-order valence-electron chi connectivity index (χ0n) is 14.8. The molecule has 1 aliphatic rings. The van der Waals surface area contributed by atoms with Gasteiger partial charge in [-0.05, 0) is 42.8 Å². The summed E-state index contributed by atoms with van der Waals surface area (Å²) in [5, 5.41) is 2.67. The summed E-state index contributed by atoms with van der Waals surface area (Å²) < 4.78 is 13.3. The third kappa shape index (κ3) is 3.70. The van der Waals surface area contributed by atoms with Crippen LogP contribution in [0.3, 0.4) is 0 Å². The molecule has 1 fully saturated rings. The molecule has 2 amide bonds. The molecule has 4 rings (SSSR count). The van der Waals surface area contributed by atoms with E-state index < -0.39 is 18.5 Å². The lowest BCUT2D eigenvalue weighted by molar-refractivity contribution is -0.119. The van der Waals surface area contributed by atoms with Gasteiger partial charge in [-0.15, -0.1) is 0 Å². The molecule has 2 heterocycles. The van der Waals surface area contributed by atoms with Crippen LogP contribution in [0.4, 0.5) is 11.4 Å². The molecule has 0 unspecified atom stereocenters. The van der Waals surface area contributed by atoms with Crippen LogP contribution in [0.15, 0.2) is 42.5 Å². The molecule has 3 aromatic rings. The summed E-state index contributed by atoms with van der Waals surface area (Å²) in [5.41, 5.74) is 2.87. The average molecular weight is 396 g/mol. The van der Waals surface area contributed by atoms with Crippen LogP contribution < -0.4 is 10.2 Å². The molecule has 1 aromatic heterocycles. The number of amides is 2. The number of carbonyl (C=O) groups is 3. The SMILES string of the molecule is O=C(COC(=O)c1ccc(N2CCCC2=O)cc1)Nc1cccc2nsnc12. The number of ether oxygens (including phenoxy) is 1. The molecule has 142 valence electrons. The number of aromatic nitrogens is 2. The molecule has 9 heteroatoms. The molecule has 0 radical (unpaired) electrons. The van der Waals surface area contributed by atoms with E-state index in [1.165, 1.54) is 0 Å². The van der Waals surface area contributed by atoms with Gasteiger partial charge in [0.15, 0.2) is 6.61 Å². The molecule has 1 saturated heterocycles. The maximum atomic E-state index is 12.2. The predicted octanol–water partition coefficient (Wildman–Crippen LogP) is 2.61. The number of hydrogen-bond acceptors (Lipinski definition) is 7. The standard InChI is InChI=1S/C19H16N4O4S/c24-16(20-14-3-1-4-15-18(14)22-28-21-15)11-27-19(26)12-6-8-13(9-7-12)23-10-2-5-17(23)25/h1,3-4,6-9H,2,5,10-11H2,(H,20,24). The maximum absolute atomic E-state index is 12.2. The number of anilines is 2. The molecule has 0 saturated carbocycles. The van der Waals surface area contributed by atoms with Gasteiger partial charge in [0.2, 0.25) is 5.91 Å². The second-order valence-electron chi connectivity index (χ2n) is 6.26. The van der Waals surface area contributed by atoms with Crippen molar-refractivity contribution >= 4 is 51.9 Å². The van der Waals surface area contributed by atoms with Crippen molar-refractivity contribution in [1.29, 1.82) is 0 Å². The number of carbonyl (C=O) groups excluding carboxylic acids is 3. The van der Waals surface area contributed by atoms with Crippen molar-refractivity contribution in [3.8, 4) is 0 Å². The summed E-state index contributed by atoms with van der Waals surface area (Å²) in [5.74, 6) is -0.992. The lowest BCUT2D eigenvalue weighted by Gasteiger charge is -2.15. The summed E-state index contributed by atoms with van der Waals surface area (Å²) in [7, 11) is 0. The van der Waals surface area contributed by atoms with Crippen LogP contribution in [-0.2, 0) is 14.3 Å². The van der Waals surface area contributed by atoms with Crippen LogP contribution in [0.25, 0.3) is 11.0 Å². The van der Waals surface area contributed by atoms with E-state index in [2.05, 4.69) is 14.1 Å². The van der Waals surface area contributed by atoms with Crippen molar-refractivity contribution in [3.63, 3.8) is 0 Å². The molecule has 1 aliphatic heterocycles. The number of hydrogen-bond donors (Lipinski definition) is 1. The van der Waals surface area contributed by atoms with Gasteiger partial charge in [0, 0.05) is 18.7 Å². The summed E-state index contributed by atoms with van der Waals surface area (Å²) in [6.45, 7) is 0.267. The Morgan fingerprint density at radius 2 is 1.96 bits per heavy atom. The monoisotopic (exact) mass is 396 g/mol. The number of esters is 1. The third-order valence-electron chi connectivity index (χ3n) is 4.38. The van der Waals surface area contributed by atoms with E-state index in [0.717, 1.165) is 23.8 Å². The first-order valence-electron chi connectivity index (χ1n) is 8.70.